The van der Waals surface area contributed by atoms with Crippen LogP contribution in [0.1, 0.15) is 123 Å². The average molecular weight is 876 g/mol. The number of aliphatic hydroxyl groups is 3. The number of fused-ring (bicyclic) bond motifs is 5. The molecular formula is C48H61NO14. The second-order valence-electron chi connectivity index (χ2n) is 19.2. The monoisotopic (exact) mass is 875 g/mol. The zero-order chi connectivity index (χ0) is 46.4. The van der Waals surface area contributed by atoms with Crippen LogP contribution in [0.5, 0.6) is 0 Å². The third kappa shape index (κ3) is 8.51. The number of esters is 4. The van der Waals surface area contributed by atoms with E-state index in [4.69, 9.17) is 23.7 Å². The molecule has 4 aliphatic rings. The summed E-state index contributed by atoms with van der Waals surface area (Å²) in [6, 6.07) is 14.9. The number of Topliss-reactive ketones (excluding diaryl/α,β-unsaturated/α-hetero) is 1. The van der Waals surface area contributed by atoms with Gasteiger partial charge in [-0.3, -0.25) is 14.4 Å². The molecular weight excluding hydrogens is 815 g/mol. The molecule has 4 N–H and O–H groups in total. The number of alkyl carbamates (subject to hydrolysis) is 1. The summed E-state index contributed by atoms with van der Waals surface area (Å²) in [7, 11) is 0. The van der Waals surface area contributed by atoms with Crippen LogP contribution in [0.4, 0.5) is 4.79 Å². The van der Waals surface area contributed by atoms with Gasteiger partial charge < -0.3 is 44.3 Å². The number of amides is 1. The molecule has 2 bridgehead atoms. The first kappa shape index (κ1) is 47.4. The average Bonchev–Trinajstić information content (AvgIpc) is 3.20. The molecule has 15 nitrogen and oxygen atoms in total. The highest BCUT2D eigenvalue weighted by Gasteiger charge is 2.77. The van der Waals surface area contributed by atoms with Gasteiger partial charge in [-0.15, -0.1) is 0 Å². The van der Waals surface area contributed by atoms with E-state index < -0.39 is 118 Å². The lowest BCUT2D eigenvalue weighted by Crippen LogP contribution is -2.78. The Morgan fingerprint density at radius 1 is 0.937 bits per heavy atom. The minimum absolute atomic E-state index is 0.0240. The van der Waals surface area contributed by atoms with Crippen LogP contribution in [0.2, 0.25) is 0 Å². The van der Waals surface area contributed by atoms with Crippen molar-refractivity contribution in [3.8, 4) is 0 Å². The van der Waals surface area contributed by atoms with Crippen LogP contribution in [-0.2, 0) is 42.9 Å². The van der Waals surface area contributed by atoms with Crippen molar-refractivity contribution in [1.82, 2.24) is 5.32 Å². The maximum atomic E-state index is 15.2. The summed E-state index contributed by atoms with van der Waals surface area (Å²) < 4.78 is 30.2. The summed E-state index contributed by atoms with van der Waals surface area (Å²) in [4.78, 5) is 83.8. The predicted octanol–water partition coefficient (Wildman–Crippen LogP) is 5.62. The molecule has 2 aromatic carbocycles. The zero-order valence-electron chi connectivity index (χ0n) is 37.5. The van der Waals surface area contributed by atoms with Gasteiger partial charge in [0.1, 0.15) is 41.2 Å². The van der Waals surface area contributed by atoms with Crippen LogP contribution >= 0.6 is 0 Å². The second kappa shape index (κ2) is 17.5. The highest BCUT2D eigenvalue weighted by atomic mass is 16.6. The number of ketones is 1. The number of aliphatic hydroxyl groups excluding tert-OH is 2. The predicted molar refractivity (Wildman–Crippen MR) is 225 cm³/mol. The molecule has 3 saturated carbocycles. The quantitative estimate of drug-likeness (QED) is 0.122. The van der Waals surface area contributed by atoms with Crippen molar-refractivity contribution in [3.05, 3.63) is 82.9 Å². The van der Waals surface area contributed by atoms with Gasteiger partial charge in [0, 0.05) is 31.1 Å². The summed E-state index contributed by atoms with van der Waals surface area (Å²) in [5.74, 6) is -6.32. The number of nitrogens with one attached hydrogen (secondary N) is 1. The van der Waals surface area contributed by atoms with Gasteiger partial charge in [-0.2, -0.15) is 0 Å². The smallest absolute Gasteiger partial charge is 0.408 e. The van der Waals surface area contributed by atoms with Crippen molar-refractivity contribution in [1.29, 1.82) is 0 Å². The van der Waals surface area contributed by atoms with E-state index in [2.05, 4.69) is 5.32 Å². The SMILES string of the molecule is CCCC(=O)O[C@@H](C(=O)O[C@H]1C[C@@]2(O)[C@@H](OC(=O)c3ccccc3)C3[C@](C)(C(=O)[C@H](O)C(=C1C)C2(C)C)[C@@H](O)C[C@H]1CC[C@@]31OC(C)=O)[C@@H](NC(=O)OC(C)(C)C)c1ccccc1. The molecule has 0 saturated heterocycles. The standard InChI is InChI=1S/C48H61NO14/c1-10-17-33(52)60-37(35(28-18-13-11-14-19-28)49-43(57)63-44(4,5)6)42(56)59-31-25-48(58)40(61-41(55)29-20-15-12-16-21-29)38-46(9,39(54)36(53)34(26(31)2)45(48,7)8)32(51)24-30-22-23-47(30,38)62-27(3)50/h11-16,18-21,30-32,35-38,40,51,53,58H,10,17,22-25H2,1-9H3,(H,49,57)/t30-,31+,32+,35+,36-,37-,38?,40+,46-,47+,48-/m1/s1. The van der Waals surface area contributed by atoms with Crippen LogP contribution in [-0.4, -0.2) is 98.4 Å². The fraction of sp³-hybridized carbons (Fsp3) is 0.583. The molecule has 342 valence electrons. The van der Waals surface area contributed by atoms with Crippen molar-refractivity contribution in [2.45, 2.75) is 154 Å². The molecule has 11 atom stereocenters. The summed E-state index contributed by atoms with van der Waals surface area (Å²) in [5, 5.41) is 40.7. The van der Waals surface area contributed by atoms with E-state index in [1.807, 2.05) is 0 Å². The lowest BCUT2D eigenvalue weighted by atomic mass is 9.41. The van der Waals surface area contributed by atoms with E-state index in [1.54, 1.807) is 90.1 Å². The summed E-state index contributed by atoms with van der Waals surface area (Å²) >= 11 is 0. The van der Waals surface area contributed by atoms with E-state index in [1.165, 1.54) is 32.9 Å². The summed E-state index contributed by atoms with van der Waals surface area (Å²) in [6.07, 6.45) is -8.93. The van der Waals surface area contributed by atoms with Gasteiger partial charge in [0.2, 0.25) is 6.10 Å². The van der Waals surface area contributed by atoms with Gasteiger partial charge in [0.05, 0.1) is 23.0 Å². The van der Waals surface area contributed by atoms with E-state index >= 15 is 4.79 Å². The lowest BCUT2D eigenvalue weighted by molar-refractivity contribution is -0.296. The minimum Gasteiger partial charge on any atom is -0.458 e. The Morgan fingerprint density at radius 2 is 1.56 bits per heavy atom. The van der Waals surface area contributed by atoms with Crippen molar-refractivity contribution in [2.75, 3.05) is 0 Å². The van der Waals surface area contributed by atoms with Crippen LogP contribution in [0.3, 0.4) is 0 Å². The van der Waals surface area contributed by atoms with Crippen LogP contribution < -0.4 is 5.32 Å². The first-order chi connectivity index (χ1) is 29.4. The fourth-order valence-corrected chi connectivity index (χ4v) is 10.6. The maximum absolute atomic E-state index is 15.2. The zero-order valence-corrected chi connectivity index (χ0v) is 37.5. The largest absolute Gasteiger partial charge is 0.458 e. The van der Waals surface area contributed by atoms with Gasteiger partial charge in [0.25, 0.3) is 0 Å². The molecule has 1 unspecified atom stereocenters. The number of carbonyl (C=O) groups excluding carboxylic acids is 6. The highest BCUT2D eigenvalue weighted by molar-refractivity contribution is 5.94. The van der Waals surface area contributed by atoms with Crippen LogP contribution in [0.25, 0.3) is 0 Å². The molecule has 0 aliphatic heterocycles. The lowest BCUT2D eigenvalue weighted by Gasteiger charge is -2.68. The van der Waals surface area contributed by atoms with Gasteiger partial charge >= 0.3 is 30.0 Å². The molecule has 1 amide bonds. The van der Waals surface area contributed by atoms with E-state index in [0.717, 1.165) is 0 Å². The van der Waals surface area contributed by atoms with Gasteiger partial charge in [-0.1, -0.05) is 69.3 Å². The van der Waals surface area contributed by atoms with Crippen molar-refractivity contribution in [3.63, 3.8) is 0 Å². The first-order valence-electron chi connectivity index (χ1n) is 21.7. The topological polar surface area (TPSA) is 221 Å². The Labute approximate surface area is 367 Å². The Balaban J connectivity index is 1.53. The molecule has 3 fully saturated rings. The molecule has 4 aliphatic carbocycles. The normalized spacial score (nSPS) is 31.8. The minimum atomic E-state index is -2.34. The Hall–Kier alpha value is -5.12. The molecule has 0 aromatic heterocycles. The van der Waals surface area contributed by atoms with Crippen molar-refractivity contribution in [2.24, 2.45) is 22.7 Å². The molecule has 0 radical (unpaired) electrons. The highest BCUT2D eigenvalue weighted by Crippen LogP contribution is 2.67. The maximum Gasteiger partial charge on any atom is 0.408 e. The molecule has 63 heavy (non-hydrogen) atoms. The number of hydrogen-bond acceptors (Lipinski definition) is 14. The summed E-state index contributed by atoms with van der Waals surface area (Å²) in [5.41, 5.74) is -7.82. The Morgan fingerprint density at radius 3 is 2.11 bits per heavy atom. The Bertz CT molecular complexity index is 2130. The van der Waals surface area contributed by atoms with Crippen LogP contribution in [0.15, 0.2) is 71.8 Å². The number of hydrogen-bond donors (Lipinski definition) is 4. The first-order valence-corrected chi connectivity index (χ1v) is 21.7. The third-order valence-corrected chi connectivity index (χ3v) is 13.8. The number of ether oxygens (including phenoxy) is 5. The van der Waals surface area contributed by atoms with E-state index in [9.17, 15) is 39.3 Å². The van der Waals surface area contributed by atoms with Gasteiger partial charge in [-0.25, -0.2) is 14.4 Å². The third-order valence-electron chi connectivity index (χ3n) is 13.8. The number of benzene rings is 2. The van der Waals surface area contributed by atoms with Crippen LogP contribution in [0, 0.1) is 22.7 Å². The van der Waals surface area contributed by atoms with Crippen molar-refractivity contribution < 1.29 is 67.8 Å². The molecule has 15 heteroatoms. The molecule has 2 aromatic rings. The Kier molecular flexibility index (Phi) is 13.1. The van der Waals surface area contributed by atoms with Gasteiger partial charge in [0.15, 0.2) is 5.78 Å². The number of carbonyl (C=O) groups is 6. The molecule has 0 heterocycles. The van der Waals surface area contributed by atoms with Crippen molar-refractivity contribution >= 4 is 35.8 Å². The number of rotatable bonds is 11. The molecule has 0 spiro atoms. The summed E-state index contributed by atoms with van der Waals surface area (Å²) in [6.45, 7) is 14.0. The fourth-order valence-electron chi connectivity index (χ4n) is 10.6. The molecule has 6 rings (SSSR count). The van der Waals surface area contributed by atoms with Gasteiger partial charge in [-0.05, 0) is 89.1 Å². The van der Waals surface area contributed by atoms with E-state index in [-0.39, 0.29) is 36.0 Å². The second-order valence-corrected chi connectivity index (χ2v) is 19.2. The van der Waals surface area contributed by atoms with E-state index in [0.29, 0.717) is 18.4 Å².